The highest BCUT2D eigenvalue weighted by molar-refractivity contribution is 7.16. The normalized spacial score (nSPS) is 23.1. The standard InChI is InChI=1S/C16H12ClF3N4OS/c1-15(4-12(16(18,19)20)25-14(22)24-15)13-10(17)3-11(26-13)9-2-8(5-21)6-23-7-9/h2-3,6-7,12H,4H2,1H3,(H2,22,24)/t12-,15+/m0/s1. The molecule has 0 aliphatic carbocycles. The second-order valence-corrected chi connectivity index (χ2v) is 7.40. The highest BCUT2D eigenvalue weighted by atomic mass is 35.5. The lowest BCUT2D eigenvalue weighted by atomic mass is 9.92. The van der Waals surface area contributed by atoms with Crippen molar-refractivity contribution in [2.75, 3.05) is 0 Å². The van der Waals surface area contributed by atoms with Gasteiger partial charge in [-0.2, -0.15) is 18.4 Å². The number of thiophene rings is 1. The van der Waals surface area contributed by atoms with Gasteiger partial charge < -0.3 is 10.5 Å². The highest BCUT2D eigenvalue weighted by Crippen LogP contribution is 2.47. The predicted molar refractivity (Wildman–Crippen MR) is 91.8 cm³/mol. The second kappa shape index (κ2) is 6.45. The lowest BCUT2D eigenvalue weighted by molar-refractivity contribution is -0.208. The third-order valence-electron chi connectivity index (χ3n) is 3.90. The number of nitrogens with zero attached hydrogens (tertiary/aromatic N) is 3. The van der Waals surface area contributed by atoms with Crippen LogP contribution in [0.5, 0.6) is 0 Å². The van der Waals surface area contributed by atoms with Gasteiger partial charge in [-0.3, -0.25) is 4.98 Å². The summed E-state index contributed by atoms with van der Waals surface area (Å²) in [6.07, 6.45) is -4.10. The summed E-state index contributed by atoms with van der Waals surface area (Å²) in [6, 6.07) is 4.71. The van der Waals surface area contributed by atoms with Gasteiger partial charge in [-0.25, -0.2) is 4.99 Å². The summed E-state index contributed by atoms with van der Waals surface area (Å²) >= 11 is 7.48. The maximum Gasteiger partial charge on any atom is 0.425 e. The minimum Gasteiger partial charge on any atom is -0.452 e. The minimum absolute atomic E-state index is 0.272. The van der Waals surface area contributed by atoms with E-state index < -0.39 is 30.3 Å². The Morgan fingerprint density at radius 2 is 2.15 bits per heavy atom. The molecule has 5 nitrogen and oxygen atoms in total. The molecule has 1 aliphatic heterocycles. The molecular formula is C16H12ClF3N4OS. The highest BCUT2D eigenvalue weighted by Gasteiger charge is 2.50. The van der Waals surface area contributed by atoms with Gasteiger partial charge in [0.25, 0.3) is 6.02 Å². The number of amidine groups is 1. The Kier molecular flexibility index (Phi) is 4.58. The first kappa shape index (κ1) is 18.5. The number of aliphatic imine (C=N–C) groups is 1. The van der Waals surface area contributed by atoms with Gasteiger partial charge in [0.05, 0.1) is 15.5 Å². The largest absolute Gasteiger partial charge is 0.452 e. The van der Waals surface area contributed by atoms with Crippen molar-refractivity contribution >= 4 is 29.0 Å². The van der Waals surface area contributed by atoms with Crippen molar-refractivity contribution in [2.24, 2.45) is 10.7 Å². The zero-order valence-electron chi connectivity index (χ0n) is 13.3. The van der Waals surface area contributed by atoms with Crippen LogP contribution in [0.25, 0.3) is 10.4 Å². The first-order valence-electron chi connectivity index (χ1n) is 7.36. The molecule has 3 rings (SSSR count). The number of alkyl halides is 3. The molecular weight excluding hydrogens is 389 g/mol. The topological polar surface area (TPSA) is 84.3 Å². The summed E-state index contributed by atoms with van der Waals surface area (Å²) in [5.41, 5.74) is 5.22. The average Bonchev–Trinajstić information content (AvgIpc) is 2.96. The summed E-state index contributed by atoms with van der Waals surface area (Å²) in [7, 11) is 0. The fourth-order valence-corrected chi connectivity index (χ4v) is 4.33. The first-order valence-corrected chi connectivity index (χ1v) is 8.56. The molecule has 2 N–H and O–H groups in total. The van der Waals surface area contributed by atoms with E-state index in [4.69, 9.17) is 22.6 Å². The van der Waals surface area contributed by atoms with Crippen molar-refractivity contribution < 1.29 is 17.9 Å². The van der Waals surface area contributed by atoms with Crippen LogP contribution < -0.4 is 5.73 Å². The van der Waals surface area contributed by atoms with Crippen LogP contribution >= 0.6 is 22.9 Å². The van der Waals surface area contributed by atoms with E-state index in [1.807, 2.05) is 6.07 Å². The molecule has 1 aliphatic rings. The molecule has 10 heteroatoms. The number of nitrogens with two attached hydrogens (primary N) is 1. The monoisotopic (exact) mass is 400 g/mol. The van der Waals surface area contributed by atoms with Crippen molar-refractivity contribution in [3.05, 3.63) is 40.0 Å². The third kappa shape index (κ3) is 3.48. The number of pyridine rings is 1. The molecule has 0 saturated carbocycles. The first-order chi connectivity index (χ1) is 12.1. The summed E-state index contributed by atoms with van der Waals surface area (Å²) in [5.74, 6) is 0. The number of nitriles is 1. The van der Waals surface area contributed by atoms with Gasteiger partial charge in [-0.15, -0.1) is 11.3 Å². The Morgan fingerprint density at radius 1 is 1.42 bits per heavy atom. The van der Waals surface area contributed by atoms with Crippen molar-refractivity contribution in [1.82, 2.24) is 4.98 Å². The van der Waals surface area contributed by atoms with Crippen LogP contribution in [0.3, 0.4) is 0 Å². The zero-order chi connectivity index (χ0) is 19.1. The average molecular weight is 401 g/mol. The van der Waals surface area contributed by atoms with Gasteiger partial charge in [-0.05, 0) is 19.1 Å². The van der Waals surface area contributed by atoms with E-state index in [1.165, 1.54) is 24.5 Å². The molecule has 0 amide bonds. The molecule has 0 radical (unpaired) electrons. The Bertz CT molecular complexity index is 921. The molecule has 136 valence electrons. The van der Waals surface area contributed by atoms with Gasteiger partial charge in [-0.1, -0.05) is 11.6 Å². The molecule has 0 aromatic carbocycles. The number of hydrogen-bond acceptors (Lipinski definition) is 6. The van der Waals surface area contributed by atoms with E-state index in [1.54, 1.807) is 18.3 Å². The van der Waals surface area contributed by atoms with Gasteiger partial charge in [0, 0.05) is 29.3 Å². The zero-order valence-corrected chi connectivity index (χ0v) is 14.9. The number of aromatic nitrogens is 1. The smallest absolute Gasteiger partial charge is 0.425 e. The van der Waals surface area contributed by atoms with Crippen LogP contribution in [-0.2, 0) is 10.3 Å². The SMILES string of the molecule is C[C@]1(c2sc(-c3cncc(C#N)c3)cc2Cl)C[C@@H](C(F)(F)F)OC(N)=N1. The van der Waals surface area contributed by atoms with Crippen LogP contribution in [0.15, 0.2) is 29.5 Å². The molecule has 3 heterocycles. The molecule has 0 fully saturated rings. The quantitative estimate of drug-likeness (QED) is 0.818. The lowest BCUT2D eigenvalue weighted by Gasteiger charge is -2.35. The molecule has 0 bridgehead atoms. The van der Waals surface area contributed by atoms with Gasteiger partial charge in [0.15, 0.2) is 6.10 Å². The van der Waals surface area contributed by atoms with Crippen LogP contribution in [-0.4, -0.2) is 23.3 Å². The molecule has 26 heavy (non-hydrogen) atoms. The molecule has 0 spiro atoms. The fraction of sp³-hybridized carbons (Fsp3) is 0.312. The maximum atomic E-state index is 13.1. The van der Waals surface area contributed by atoms with Crippen molar-refractivity contribution in [3.63, 3.8) is 0 Å². The van der Waals surface area contributed by atoms with Crippen LogP contribution in [0.2, 0.25) is 5.02 Å². The van der Waals surface area contributed by atoms with Crippen LogP contribution in [0, 0.1) is 11.3 Å². The maximum absolute atomic E-state index is 13.1. The fourth-order valence-electron chi connectivity index (χ4n) is 2.70. The summed E-state index contributed by atoms with van der Waals surface area (Å²) in [5, 5.41) is 9.26. The lowest BCUT2D eigenvalue weighted by Crippen LogP contribution is -2.45. The van der Waals surface area contributed by atoms with E-state index >= 15 is 0 Å². The summed E-state index contributed by atoms with van der Waals surface area (Å²) in [6.45, 7) is 1.53. The molecule has 0 unspecified atom stereocenters. The molecule has 2 aromatic heterocycles. The molecule has 2 aromatic rings. The number of rotatable bonds is 2. The Hall–Kier alpha value is -2.31. The second-order valence-electron chi connectivity index (χ2n) is 5.94. The third-order valence-corrected chi connectivity index (χ3v) is 5.74. The van der Waals surface area contributed by atoms with Gasteiger partial charge in [0.2, 0.25) is 0 Å². The van der Waals surface area contributed by atoms with Crippen LogP contribution in [0.4, 0.5) is 13.2 Å². The number of ether oxygens (including phenoxy) is 1. The number of halogens is 4. The molecule has 2 atom stereocenters. The Balaban J connectivity index is 2.03. The van der Waals surface area contributed by atoms with Crippen molar-refractivity contribution in [2.45, 2.75) is 31.2 Å². The van der Waals surface area contributed by atoms with Crippen molar-refractivity contribution in [3.8, 4) is 16.5 Å². The summed E-state index contributed by atoms with van der Waals surface area (Å²) < 4.78 is 44.0. The van der Waals surface area contributed by atoms with E-state index in [0.29, 0.717) is 20.9 Å². The van der Waals surface area contributed by atoms with E-state index in [9.17, 15) is 13.2 Å². The van der Waals surface area contributed by atoms with E-state index in [0.717, 1.165) is 0 Å². The van der Waals surface area contributed by atoms with Gasteiger partial charge >= 0.3 is 6.18 Å². The van der Waals surface area contributed by atoms with E-state index in [2.05, 4.69) is 14.7 Å². The van der Waals surface area contributed by atoms with Crippen LogP contribution in [0.1, 0.15) is 23.8 Å². The van der Waals surface area contributed by atoms with E-state index in [-0.39, 0.29) is 5.02 Å². The Morgan fingerprint density at radius 3 is 2.81 bits per heavy atom. The Labute approximate surface area is 155 Å². The molecule has 0 saturated heterocycles. The predicted octanol–water partition coefficient (Wildman–Crippen LogP) is 4.22. The van der Waals surface area contributed by atoms with Crippen molar-refractivity contribution in [1.29, 1.82) is 5.26 Å². The summed E-state index contributed by atoms with van der Waals surface area (Å²) in [4.78, 5) is 9.17. The number of hydrogen-bond donors (Lipinski definition) is 1. The minimum atomic E-state index is -4.57. The van der Waals surface area contributed by atoms with Gasteiger partial charge in [0.1, 0.15) is 11.6 Å².